The molecule has 1 heterocycles. The van der Waals surface area contributed by atoms with E-state index in [4.69, 9.17) is 14.2 Å². The van der Waals surface area contributed by atoms with Crippen molar-refractivity contribution < 1.29 is 49.3 Å². The average molecular weight is 1130 g/mol. The van der Waals surface area contributed by atoms with Crippen molar-refractivity contribution in [3.8, 4) is 0 Å². The highest BCUT2D eigenvalue weighted by molar-refractivity contribution is 5.80. The molecule has 80 heavy (non-hydrogen) atoms. The van der Waals surface area contributed by atoms with Crippen LogP contribution < -0.4 is 5.32 Å². The van der Waals surface area contributed by atoms with Gasteiger partial charge in [-0.05, 0) is 51.4 Å². The summed E-state index contributed by atoms with van der Waals surface area (Å²) in [5, 5.41) is 57.1. The molecule has 0 aromatic rings. The fourth-order valence-corrected chi connectivity index (χ4v) is 10.9. The van der Waals surface area contributed by atoms with Crippen molar-refractivity contribution in [2.45, 2.75) is 378 Å². The van der Waals surface area contributed by atoms with Crippen molar-refractivity contribution in [2.75, 3.05) is 13.2 Å². The van der Waals surface area contributed by atoms with E-state index in [-0.39, 0.29) is 13.0 Å². The summed E-state index contributed by atoms with van der Waals surface area (Å²) in [4.78, 5) is 26.6. The minimum atomic E-state index is -1.61. The Morgan fingerprint density at radius 1 is 0.500 bits per heavy atom. The van der Waals surface area contributed by atoms with Gasteiger partial charge in [-0.2, -0.15) is 0 Å². The number of hydrogen-bond donors (Lipinski definition) is 6. The number of nitrogens with one attached hydrogen (secondary N) is 1. The minimum Gasteiger partial charge on any atom is -0.454 e. The van der Waals surface area contributed by atoms with Crippen molar-refractivity contribution in [2.24, 2.45) is 0 Å². The van der Waals surface area contributed by atoms with E-state index in [0.717, 1.165) is 83.5 Å². The summed E-state index contributed by atoms with van der Waals surface area (Å²) in [6.45, 7) is 5.71. The molecule has 0 saturated carbocycles. The molecule has 1 rings (SSSR count). The van der Waals surface area contributed by atoms with Crippen molar-refractivity contribution in [3.63, 3.8) is 0 Å². The molecule has 1 amide bonds. The summed E-state index contributed by atoms with van der Waals surface area (Å²) < 4.78 is 17.6. The molecular formula is C69H129NO10. The lowest BCUT2D eigenvalue weighted by Gasteiger charge is -2.41. The van der Waals surface area contributed by atoms with E-state index in [0.29, 0.717) is 19.3 Å². The molecular weight excluding hydrogens is 1000 g/mol. The summed E-state index contributed by atoms with van der Waals surface area (Å²) in [5.74, 6) is -1.19. The van der Waals surface area contributed by atoms with Crippen LogP contribution in [0.25, 0.3) is 0 Å². The predicted octanol–water partition coefficient (Wildman–Crippen LogP) is 17.0. The van der Waals surface area contributed by atoms with Crippen LogP contribution in [0.2, 0.25) is 0 Å². The van der Waals surface area contributed by atoms with Crippen molar-refractivity contribution >= 4 is 11.9 Å². The number of carbonyl (C=O) groups is 2. The Morgan fingerprint density at radius 3 is 1.34 bits per heavy atom. The van der Waals surface area contributed by atoms with Crippen LogP contribution >= 0.6 is 0 Å². The third-order valence-electron chi connectivity index (χ3n) is 16.3. The van der Waals surface area contributed by atoms with Crippen molar-refractivity contribution in [1.82, 2.24) is 5.32 Å². The van der Waals surface area contributed by atoms with Gasteiger partial charge in [0.1, 0.15) is 24.4 Å². The van der Waals surface area contributed by atoms with Crippen LogP contribution in [0.3, 0.4) is 0 Å². The number of aliphatic hydroxyl groups is 5. The summed E-state index contributed by atoms with van der Waals surface area (Å²) in [7, 11) is 0. The molecule has 1 fully saturated rings. The number of ether oxygens (including phenoxy) is 3. The summed E-state index contributed by atoms with van der Waals surface area (Å²) in [6, 6.07) is -1.02. The molecule has 11 nitrogen and oxygen atoms in total. The molecule has 0 aliphatic carbocycles. The van der Waals surface area contributed by atoms with E-state index in [9.17, 15) is 35.1 Å². The lowest BCUT2D eigenvalue weighted by molar-refractivity contribution is -0.305. The van der Waals surface area contributed by atoms with E-state index < -0.39 is 67.4 Å². The molecule has 470 valence electrons. The topological polar surface area (TPSA) is 175 Å². The Morgan fingerprint density at radius 2 is 0.900 bits per heavy atom. The van der Waals surface area contributed by atoms with Gasteiger partial charge in [-0.15, -0.1) is 0 Å². The number of amides is 1. The molecule has 0 aromatic heterocycles. The fourth-order valence-electron chi connectivity index (χ4n) is 10.9. The zero-order valence-corrected chi connectivity index (χ0v) is 52.2. The van der Waals surface area contributed by atoms with Gasteiger partial charge in [0.15, 0.2) is 12.4 Å². The van der Waals surface area contributed by atoms with Crippen LogP contribution in [0.1, 0.15) is 329 Å². The first-order valence-electron chi connectivity index (χ1n) is 34.3. The number of aliphatic hydroxyl groups excluding tert-OH is 5. The van der Waals surface area contributed by atoms with Crippen LogP contribution in [-0.4, -0.2) is 99.6 Å². The first-order valence-corrected chi connectivity index (χ1v) is 34.3. The molecule has 0 bridgehead atoms. The first-order chi connectivity index (χ1) is 39.2. The Balaban J connectivity index is 2.53. The van der Waals surface area contributed by atoms with Crippen LogP contribution in [0.5, 0.6) is 0 Å². The number of rotatable bonds is 59. The summed E-state index contributed by atoms with van der Waals surface area (Å²) in [5.41, 5.74) is 0. The molecule has 1 saturated heterocycles. The van der Waals surface area contributed by atoms with Crippen LogP contribution in [-0.2, 0) is 23.8 Å². The highest BCUT2D eigenvalue weighted by atomic mass is 16.7. The molecule has 1 aliphatic rings. The van der Waals surface area contributed by atoms with E-state index in [1.807, 2.05) is 6.08 Å². The number of carbonyl (C=O) groups excluding carboxylic acids is 2. The van der Waals surface area contributed by atoms with E-state index >= 15 is 0 Å². The van der Waals surface area contributed by atoms with Gasteiger partial charge in [0.2, 0.25) is 5.91 Å². The maximum Gasteiger partial charge on any atom is 0.306 e. The summed E-state index contributed by atoms with van der Waals surface area (Å²) in [6.07, 6.45) is 59.3. The Bertz CT molecular complexity index is 1440. The molecule has 8 unspecified atom stereocenters. The zero-order valence-electron chi connectivity index (χ0n) is 52.2. The Kier molecular flexibility index (Phi) is 54.4. The maximum absolute atomic E-state index is 13.5. The van der Waals surface area contributed by atoms with Crippen molar-refractivity contribution in [1.29, 1.82) is 0 Å². The third kappa shape index (κ3) is 44.4. The maximum atomic E-state index is 13.5. The molecule has 11 heteroatoms. The van der Waals surface area contributed by atoms with Gasteiger partial charge < -0.3 is 45.1 Å². The molecule has 0 spiro atoms. The van der Waals surface area contributed by atoms with E-state index in [1.165, 1.54) is 199 Å². The molecule has 0 radical (unpaired) electrons. The monoisotopic (exact) mass is 1130 g/mol. The second kappa shape index (κ2) is 57.3. The average Bonchev–Trinajstić information content (AvgIpc) is 3.46. The molecule has 0 aromatic carbocycles. The Labute approximate surface area is 492 Å². The SMILES string of the molecule is CC/C=C/C/C=C/CCCCCCCCCC(=O)OC1C(OCC(NC(=O)C(O)CCCCCCCCCCCCCCCCCCCCCCCCCCCC)C(O)/C=C/CCCCCCCCCCC)OC(CO)C(O)C1O. The van der Waals surface area contributed by atoms with Gasteiger partial charge >= 0.3 is 5.97 Å². The van der Waals surface area contributed by atoms with Crippen LogP contribution in [0.15, 0.2) is 36.5 Å². The lowest BCUT2D eigenvalue weighted by Crippen LogP contribution is -2.61. The van der Waals surface area contributed by atoms with E-state index in [2.05, 4.69) is 50.4 Å². The van der Waals surface area contributed by atoms with Crippen LogP contribution in [0.4, 0.5) is 0 Å². The van der Waals surface area contributed by atoms with Gasteiger partial charge in [-0.25, -0.2) is 0 Å². The van der Waals surface area contributed by atoms with Gasteiger partial charge in [0.25, 0.3) is 0 Å². The second-order valence-electron chi connectivity index (χ2n) is 23.9. The minimum absolute atomic E-state index is 0.117. The summed E-state index contributed by atoms with van der Waals surface area (Å²) >= 11 is 0. The Hall–Kier alpha value is -2.12. The smallest absolute Gasteiger partial charge is 0.306 e. The number of hydrogen-bond acceptors (Lipinski definition) is 10. The molecule has 1 aliphatic heterocycles. The largest absolute Gasteiger partial charge is 0.454 e. The number of unbranched alkanes of at least 4 members (excludes halogenated alkanes) is 41. The zero-order chi connectivity index (χ0) is 58.2. The number of esters is 1. The van der Waals surface area contributed by atoms with Gasteiger partial charge in [-0.3, -0.25) is 9.59 Å². The standard InChI is InChI=1S/C69H129NO10/c1-4-7-10-13-16-19-22-24-26-27-28-29-30-31-32-33-34-35-36-37-38-41-44-47-50-53-56-62(73)68(77)70-60(61(72)55-52-49-46-43-40-21-18-15-12-9-6-3)59-78-69-67(66(76)65(75)63(58-71)79-69)80-64(74)57-54-51-48-45-42-39-25-23-20-17-14-11-8-5-2/h8,11,17,20,52,55,60-63,65-67,69,71-73,75-76H,4-7,9-10,12-16,18-19,21-51,53-54,56-59H2,1-3H3,(H,70,77)/b11-8+,20-17+,55-52+. The highest BCUT2D eigenvalue weighted by Crippen LogP contribution is 2.26. The van der Waals surface area contributed by atoms with Crippen LogP contribution in [0, 0.1) is 0 Å². The van der Waals surface area contributed by atoms with Crippen molar-refractivity contribution in [3.05, 3.63) is 36.5 Å². The molecule has 6 N–H and O–H groups in total. The normalized spacial score (nSPS) is 18.9. The third-order valence-corrected chi connectivity index (χ3v) is 16.3. The van der Waals surface area contributed by atoms with Gasteiger partial charge in [0.05, 0.1) is 25.4 Å². The quantitative estimate of drug-likeness (QED) is 0.0195. The van der Waals surface area contributed by atoms with Gasteiger partial charge in [0, 0.05) is 6.42 Å². The highest BCUT2D eigenvalue weighted by Gasteiger charge is 2.47. The lowest BCUT2D eigenvalue weighted by atomic mass is 9.99. The van der Waals surface area contributed by atoms with Gasteiger partial charge in [-0.1, -0.05) is 308 Å². The second-order valence-corrected chi connectivity index (χ2v) is 23.9. The number of allylic oxidation sites excluding steroid dienone is 5. The fraction of sp³-hybridized carbons (Fsp3) is 0.884. The predicted molar refractivity (Wildman–Crippen MR) is 334 cm³/mol. The first kappa shape index (κ1) is 75.9. The molecule has 8 atom stereocenters. The van der Waals surface area contributed by atoms with E-state index in [1.54, 1.807) is 6.08 Å².